The van der Waals surface area contributed by atoms with E-state index in [-0.39, 0.29) is 18.5 Å². The highest BCUT2D eigenvalue weighted by molar-refractivity contribution is 7.62. The second-order valence-corrected chi connectivity index (χ2v) is 5.25. The van der Waals surface area contributed by atoms with Gasteiger partial charge in [-0.3, -0.25) is 14.7 Å². The van der Waals surface area contributed by atoms with Crippen molar-refractivity contribution in [2.75, 3.05) is 13.2 Å². The molecule has 0 amide bonds. The van der Waals surface area contributed by atoms with E-state index in [0.29, 0.717) is 0 Å². The van der Waals surface area contributed by atoms with E-state index in [1.165, 1.54) is 0 Å². The van der Waals surface area contributed by atoms with Gasteiger partial charge in [0.05, 0.1) is 23.4 Å². The lowest BCUT2D eigenvalue weighted by molar-refractivity contribution is -0.387. The van der Waals surface area contributed by atoms with E-state index in [1.54, 1.807) is 13.8 Å². The van der Waals surface area contributed by atoms with Crippen LogP contribution in [0.2, 0.25) is 0 Å². The Balaban J connectivity index is 3.25. The summed E-state index contributed by atoms with van der Waals surface area (Å²) in [6, 6.07) is 2.91. The molecule has 0 aliphatic heterocycles. The Labute approximate surface area is 103 Å². The molecule has 0 spiro atoms. The zero-order valence-electron chi connectivity index (χ0n) is 9.96. The van der Waals surface area contributed by atoms with Crippen LogP contribution in [0.3, 0.4) is 0 Å². The summed E-state index contributed by atoms with van der Waals surface area (Å²) in [7, 11) is -3.63. The number of hydrogen-bond acceptors (Lipinski definition) is 5. The van der Waals surface area contributed by atoms with Crippen LogP contribution in [-0.2, 0) is 13.6 Å². The lowest BCUT2D eigenvalue weighted by atomic mass is 10.3. The Morgan fingerprint density at radius 1 is 1.33 bits per heavy atom. The fraction of sp³-hybridized carbons (Fsp3) is 0.400. The highest BCUT2D eigenvalue weighted by Crippen LogP contribution is 2.47. The number of nitrogens with zero attached hydrogens (tertiary/aromatic N) is 1. The van der Waals surface area contributed by atoms with Gasteiger partial charge in [0, 0.05) is 6.07 Å². The van der Waals surface area contributed by atoms with Crippen LogP contribution >= 0.6 is 7.60 Å². The van der Waals surface area contributed by atoms with Crippen molar-refractivity contribution in [3.63, 3.8) is 0 Å². The van der Waals surface area contributed by atoms with Crippen LogP contribution in [0.1, 0.15) is 13.8 Å². The van der Waals surface area contributed by atoms with Gasteiger partial charge < -0.3 is 9.05 Å². The first-order chi connectivity index (χ1) is 8.44. The second-order valence-electron chi connectivity index (χ2n) is 3.23. The molecule has 0 N–H and O–H groups in total. The predicted octanol–water partition coefficient (Wildman–Crippen LogP) is 2.63. The summed E-state index contributed by atoms with van der Waals surface area (Å²) in [4.78, 5) is 9.72. The molecule has 0 radical (unpaired) electrons. The molecular formula is C10H13FNO5P. The molecule has 6 nitrogen and oxygen atoms in total. The molecule has 1 rings (SSSR count). The molecule has 0 aliphatic rings. The minimum absolute atomic E-state index is 0.0284. The Morgan fingerprint density at radius 2 is 1.89 bits per heavy atom. The van der Waals surface area contributed by atoms with Gasteiger partial charge in [-0.05, 0) is 26.0 Å². The van der Waals surface area contributed by atoms with Crippen LogP contribution in [0.4, 0.5) is 10.1 Å². The molecule has 0 atom stereocenters. The lowest BCUT2D eigenvalue weighted by Gasteiger charge is -2.16. The van der Waals surface area contributed by atoms with Crippen molar-refractivity contribution in [2.24, 2.45) is 0 Å². The first-order valence-corrected chi connectivity index (χ1v) is 6.82. The molecule has 0 heterocycles. The topological polar surface area (TPSA) is 78.7 Å². The summed E-state index contributed by atoms with van der Waals surface area (Å²) in [5.74, 6) is -0.997. The fourth-order valence-corrected chi connectivity index (χ4v) is 2.93. The van der Waals surface area contributed by atoms with E-state index in [2.05, 4.69) is 0 Å². The molecule has 0 aromatic heterocycles. The van der Waals surface area contributed by atoms with Crippen molar-refractivity contribution in [1.82, 2.24) is 0 Å². The van der Waals surface area contributed by atoms with Crippen LogP contribution in [0.15, 0.2) is 18.2 Å². The third-order valence-corrected chi connectivity index (χ3v) is 4.15. The number of benzene rings is 1. The van der Waals surface area contributed by atoms with Crippen LogP contribution < -0.4 is 5.30 Å². The molecule has 0 fully saturated rings. The van der Waals surface area contributed by atoms with E-state index in [0.717, 1.165) is 18.2 Å². The zero-order chi connectivity index (χ0) is 13.8. The molecule has 0 bridgehead atoms. The minimum atomic E-state index is -3.63. The Bertz CT molecular complexity index is 483. The molecule has 0 saturated heterocycles. The van der Waals surface area contributed by atoms with Crippen LogP contribution in [0.5, 0.6) is 0 Å². The van der Waals surface area contributed by atoms with Gasteiger partial charge in [-0.15, -0.1) is 0 Å². The van der Waals surface area contributed by atoms with Crippen molar-refractivity contribution in [1.29, 1.82) is 0 Å². The molecular weight excluding hydrogens is 264 g/mol. The van der Waals surface area contributed by atoms with Gasteiger partial charge in [-0.1, -0.05) is 0 Å². The van der Waals surface area contributed by atoms with Crippen molar-refractivity contribution >= 4 is 18.6 Å². The number of hydrogen-bond donors (Lipinski definition) is 0. The number of nitro groups is 1. The summed E-state index contributed by atoms with van der Waals surface area (Å²) in [5, 5.41) is 10.6. The lowest BCUT2D eigenvalue weighted by Crippen LogP contribution is -2.12. The summed E-state index contributed by atoms with van der Waals surface area (Å²) in [5.41, 5.74) is -0.757. The average Bonchev–Trinajstić information content (AvgIpc) is 2.29. The summed E-state index contributed by atoms with van der Waals surface area (Å²) >= 11 is 0. The summed E-state index contributed by atoms with van der Waals surface area (Å²) in [6.07, 6.45) is 0. The molecule has 100 valence electrons. The molecule has 0 unspecified atom stereocenters. The normalized spacial score (nSPS) is 11.5. The van der Waals surface area contributed by atoms with Gasteiger partial charge in [0.15, 0.2) is 0 Å². The van der Waals surface area contributed by atoms with Gasteiger partial charge in [0.1, 0.15) is 0 Å². The quantitative estimate of drug-likeness (QED) is 0.453. The van der Waals surface area contributed by atoms with E-state index >= 15 is 0 Å². The standard InChI is InChI=1S/C10H13FNO5P/c1-3-16-18(15,17-4-2)8-5-6-9(11)10(7-8)12(13)14/h5-7H,3-4H2,1-2H3. The molecule has 0 aliphatic carbocycles. The van der Waals surface area contributed by atoms with E-state index in [1.807, 2.05) is 0 Å². The molecule has 0 saturated carbocycles. The van der Waals surface area contributed by atoms with Gasteiger partial charge in [0.2, 0.25) is 5.82 Å². The molecule has 1 aromatic rings. The first-order valence-electron chi connectivity index (χ1n) is 5.28. The minimum Gasteiger partial charge on any atom is -0.305 e. The largest absolute Gasteiger partial charge is 0.361 e. The number of nitro benzene ring substituents is 1. The Kier molecular flexibility index (Phi) is 4.95. The van der Waals surface area contributed by atoms with Gasteiger partial charge in [0.25, 0.3) is 0 Å². The Hall–Kier alpha value is -1.30. The fourth-order valence-electron chi connectivity index (χ4n) is 1.34. The summed E-state index contributed by atoms with van der Waals surface area (Å²) in [6.45, 7) is 3.46. The van der Waals surface area contributed by atoms with Gasteiger partial charge >= 0.3 is 13.3 Å². The van der Waals surface area contributed by atoms with Crippen LogP contribution in [0, 0.1) is 15.9 Å². The van der Waals surface area contributed by atoms with Crippen molar-refractivity contribution in [3.05, 3.63) is 34.1 Å². The van der Waals surface area contributed by atoms with Crippen molar-refractivity contribution < 1.29 is 22.9 Å². The summed E-state index contributed by atoms with van der Waals surface area (Å²) < 4.78 is 35.5. The third-order valence-electron chi connectivity index (χ3n) is 2.04. The first kappa shape index (κ1) is 14.8. The molecule has 8 heteroatoms. The third kappa shape index (κ3) is 3.13. The van der Waals surface area contributed by atoms with E-state index < -0.39 is 24.0 Å². The van der Waals surface area contributed by atoms with E-state index in [9.17, 15) is 19.1 Å². The number of halogens is 1. The highest BCUT2D eigenvalue weighted by atomic mass is 31.2. The average molecular weight is 277 g/mol. The maximum absolute atomic E-state index is 13.2. The van der Waals surface area contributed by atoms with Gasteiger partial charge in [-0.25, -0.2) is 0 Å². The van der Waals surface area contributed by atoms with E-state index in [4.69, 9.17) is 9.05 Å². The predicted molar refractivity (Wildman–Crippen MR) is 63.5 cm³/mol. The van der Waals surface area contributed by atoms with Crippen LogP contribution in [0.25, 0.3) is 0 Å². The Morgan fingerprint density at radius 3 is 2.33 bits per heavy atom. The molecule has 18 heavy (non-hydrogen) atoms. The highest BCUT2D eigenvalue weighted by Gasteiger charge is 2.29. The monoisotopic (exact) mass is 277 g/mol. The smallest absolute Gasteiger partial charge is 0.305 e. The van der Waals surface area contributed by atoms with Crippen LogP contribution in [-0.4, -0.2) is 18.1 Å². The van der Waals surface area contributed by atoms with Crippen molar-refractivity contribution in [3.8, 4) is 0 Å². The van der Waals surface area contributed by atoms with Gasteiger partial charge in [-0.2, -0.15) is 4.39 Å². The SMILES string of the molecule is CCOP(=O)(OCC)c1ccc(F)c([N+](=O)[O-])c1. The molecule has 1 aromatic carbocycles. The maximum Gasteiger partial charge on any atom is 0.361 e. The maximum atomic E-state index is 13.2. The zero-order valence-corrected chi connectivity index (χ0v) is 10.9. The second kappa shape index (κ2) is 6.04. The number of rotatable bonds is 6. The van der Waals surface area contributed by atoms with Crippen molar-refractivity contribution in [2.45, 2.75) is 13.8 Å².